The molecular formula is C22H23BrN4O2S. The number of aromatic nitrogens is 2. The number of nitrogens with two attached hydrogens (primary N) is 1. The van der Waals surface area contributed by atoms with Crippen LogP contribution in [0.1, 0.15) is 40.9 Å². The number of carbonyl (C=O) groups excluding carboxylic acids is 2. The summed E-state index contributed by atoms with van der Waals surface area (Å²) in [4.78, 5) is 34.8. The van der Waals surface area contributed by atoms with Crippen molar-refractivity contribution in [3.8, 4) is 11.4 Å². The molecule has 0 aliphatic carbocycles. The molecule has 0 saturated heterocycles. The monoisotopic (exact) mass is 486 g/mol. The molecule has 1 aromatic carbocycles. The predicted octanol–water partition coefficient (Wildman–Crippen LogP) is 4.09. The summed E-state index contributed by atoms with van der Waals surface area (Å²) in [5, 5.41) is 2.77. The van der Waals surface area contributed by atoms with Crippen LogP contribution in [-0.2, 0) is 16.6 Å². The third kappa shape index (κ3) is 5.52. The van der Waals surface area contributed by atoms with E-state index in [1.54, 1.807) is 18.5 Å². The van der Waals surface area contributed by atoms with Gasteiger partial charge in [0.05, 0.1) is 9.35 Å². The number of benzene rings is 1. The van der Waals surface area contributed by atoms with Crippen molar-refractivity contribution in [2.75, 3.05) is 0 Å². The fraction of sp³-hybridized carbons (Fsp3) is 0.273. The number of carbonyl (C=O) groups is 2. The number of thiophene rings is 1. The molecule has 0 aliphatic heterocycles. The molecule has 3 aromatic rings. The van der Waals surface area contributed by atoms with Crippen LogP contribution >= 0.6 is 27.3 Å². The SMILES string of the molecule is CC(C)(C)c1ccc(C(=O)N[C@@H](Cc2ccc(-c3ncc(Br)cn3)cc2)C(N)=O)s1. The van der Waals surface area contributed by atoms with Gasteiger partial charge < -0.3 is 11.1 Å². The van der Waals surface area contributed by atoms with E-state index < -0.39 is 11.9 Å². The Morgan fingerprint density at radius 3 is 2.27 bits per heavy atom. The molecule has 2 aromatic heterocycles. The zero-order valence-corrected chi connectivity index (χ0v) is 19.4. The highest BCUT2D eigenvalue weighted by Gasteiger charge is 2.23. The molecule has 1 atom stereocenters. The molecule has 0 radical (unpaired) electrons. The van der Waals surface area contributed by atoms with E-state index in [4.69, 9.17) is 5.73 Å². The van der Waals surface area contributed by atoms with E-state index in [1.165, 1.54) is 11.3 Å². The fourth-order valence-corrected chi connectivity index (χ4v) is 3.97. The minimum Gasteiger partial charge on any atom is -0.368 e. The summed E-state index contributed by atoms with van der Waals surface area (Å²) < 4.78 is 0.809. The second kappa shape index (κ2) is 9.06. The molecule has 6 nitrogen and oxygen atoms in total. The number of rotatable bonds is 6. The highest BCUT2D eigenvalue weighted by Crippen LogP contribution is 2.29. The lowest BCUT2D eigenvalue weighted by Crippen LogP contribution is -2.45. The van der Waals surface area contributed by atoms with E-state index in [-0.39, 0.29) is 11.3 Å². The van der Waals surface area contributed by atoms with Gasteiger partial charge >= 0.3 is 0 Å². The second-order valence-corrected chi connectivity index (χ2v) is 9.97. The van der Waals surface area contributed by atoms with Gasteiger partial charge in [-0.25, -0.2) is 9.97 Å². The molecule has 3 N–H and O–H groups in total. The van der Waals surface area contributed by atoms with Crippen molar-refractivity contribution in [3.05, 3.63) is 68.6 Å². The first-order chi connectivity index (χ1) is 14.1. The quantitative estimate of drug-likeness (QED) is 0.547. The van der Waals surface area contributed by atoms with Gasteiger partial charge in [-0.05, 0) is 39.0 Å². The maximum absolute atomic E-state index is 12.6. The summed E-state index contributed by atoms with van der Waals surface area (Å²) in [7, 11) is 0. The number of nitrogens with one attached hydrogen (secondary N) is 1. The van der Waals surface area contributed by atoms with Gasteiger partial charge in [-0.1, -0.05) is 45.0 Å². The Morgan fingerprint density at radius 1 is 1.10 bits per heavy atom. The minimum absolute atomic E-state index is 0.0351. The molecule has 0 bridgehead atoms. The van der Waals surface area contributed by atoms with Crippen LogP contribution in [-0.4, -0.2) is 27.8 Å². The topological polar surface area (TPSA) is 98.0 Å². The van der Waals surface area contributed by atoms with Gasteiger partial charge in [0.25, 0.3) is 5.91 Å². The Hall–Kier alpha value is -2.58. The van der Waals surface area contributed by atoms with Gasteiger partial charge in [0.2, 0.25) is 5.91 Å². The number of halogens is 1. The highest BCUT2D eigenvalue weighted by molar-refractivity contribution is 9.10. The van der Waals surface area contributed by atoms with Crippen LogP contribution in [0.3, 0.4) is 0 Å². The van der Waals surface area contributed by atoms with E-state index in [9.17, 15) is 9.59 Å². The third-order valence-corrected chi connectivity index (χ3v) is 6.41. The number of primary amides is 1. The Kier molecular flexibility index (Phi) is 6.67. The van der Waals surface area contributed by atoms with Crippen LogP contribution in [0.2, 0.25) is 0 Å². The smallest absolute Gasteiger partial charge is 0.262 e. The van der Waals surface area contributed by atoms with Crippen LogP contribution in [0.5, 0.6) is 0 Å². The van der Waals surface area contributed by atoms with Crippen LogP contribution in [0.15, 0.2) is 53.3 Å². The number of hydrogen-bond donors (Lipinski definition) is 2. The Labute approximate surface area is 188 Å². The van der Waals surface area contributed by atoms with Crippen molar-refractivity contribution >= 4 is 39.1 Å². The van der Waals surface area contributed by atoms with Crippen LogP contribution in [0.25, 0.3) is 11.4 Å². The summed E-state index contributed by atoms with van der Waals surface area (Å²) >= 11 is 4.74. The first-order valence-electron chi connectivity index (χ1n) is 9.41. The van der Waals surface area contributed by atoms with Crippen LogP contribution in [0.4, 0.5) is 0 Å². The van der Waals surface area contributed by atoms with Crippen LogP contribution in [0, 0.1) is 0 Å². The number of hydrogen-bond acceptors (Lipinski definition) is 5. The molecule has 0 saturated carbocycles. The molecule has 0 aliphatic rings. The Morgan fingerprint density at radius 2 is 1.73 bits per heavy atom. The molecule has 30 heavy (non-hydrogen) atoms. The maximum Gasteiger partial charge on any atom is 0.262 e. The maximum atomic E-state index is 12.6. The number of amides is 2. The van der Waals surface area contributed by atoms with Crippen molar-refractivity contribution in [2.24, 2.45) is 5.73 Å². The predicted molar refractivity (Wildman–Crippen MR) is 122 cm³/mol. The first-order valence-corrected chi connectivity index (χ1v) is 11.0. The van der Waals surface area contributed by atoms with Crippen LogP contribution < -0.4 is 11.1 Å². The van der Waals surface area contributed by atoms with Gasteiger partial charge in [-0.3, -0.25) is 9.59 Å². The average molecular weight is 487 g/mol. The summed E-state index contributed by atoms with van der Waals surface area (Å²) in [6, 6.07) is 10.5. The summed E-state index contributed by atoms with van der Waals surface area (Å²) in [6.07, 6.45) is 3.68. The van der Waals surface area contributed by atoms with E-state index in [2.05, 4.69) is 52.0 Å². The molecule has 0 unspecified atom stereocenters. The largest absolute Gasteiger partial charge is 0.368 e. The molecule has 8 heteroatoms. The lowest BCUT2D eigenvalue weighted by atomic mass is 9.95. The molecule has 2 heterocycles. The third-order valence-electron chi connectivity index (χ3n) is 4.49. The zero-order valence-electron chi connectivity index (χ0n) is 17.0. The fourth-order valence-electron chi connectivity index (χ4n) is 2.80. The average Bonchev–Trinajstić information content (AvgIpc) is 3.19. The Bertz CT molecular complexity index is 1040. The molecule has 0 spiro atoms. The lowest BCUT2D eigenvalue weighted by molar-refractivity contribution is -0.119. The van der Waals surface area contributed by atoms with Gasteiger partial charge in [0.1, 0.15) is 6.04 Å². The van der Waals surface area contributed by atoms with Crippen molar-refractivity contribution in [1.82, 2.24) is 15.3 Å². The normalized spacial score (nSPS) is 12.4. The Balaban J connectivity index is 1.69. The molecular weight excluding hydrogens is 464 g/mol. The van der Waals surface area contributed by atoms with Gasteiger partial charge in [0, 0.05) is 29.3 Å². The summed E-state index contributed by atoms with van der Waals surface area (Å²) in [5.74, 6) is -0.257. The minimum atomic E-state index is -0.799. The zero-order chi connectivity index (χ0) is 21.9. The summed E-state index contributed by atoms with van der Waals surface area (Å²) in [6.45, 7) is 6.28. The summed E-state index contributed by atoms with van der Waals surface area (Å²) in [5.41, 5.74) is 7.25. The standard InChI is InChI=1S/C22H23BrN4O2S/c1-22(2,3)18-9-8-17(30-18)21(29)27-16(19(24)28)10-13-4-6-14(7-5-13)20-25-11-15(23)12-26-20/h4-9,11-12,16H,10H2,1-3H3,(H2,24,28)(H,27,29)/t16-/m0/s1. The molecule has 156 valence electrons. The van der Waals surface area contributed by atoms with Crippen molar-refractivity contribution in [1.29, 1.82) is 0 Å². The van der Waals surface area contributed by atoms with Gasteiger partial charge in [-0.15, -0.1) is 11.3 Å². The van der Waals surface area contributed by atoms with E-state index in [1.807, 2.05) is 30.3 Å². The number of nitrogens with zero attached hydrogens (tertiary/aromatic N) is 2. The van der Waals surface area contributed by atoms with E-state index in [0.717, 1.165) is 20.5 Å². The molecule has 0 fully saturated rings. The highest BCUT2D eigenvalue weighted by atomic mass is 79.9. The van der Waals surface area contributed by atoms with Crippen molar-refractivity contribution in [2.45, 2.75) is 38.6 Å². The van der Waals surface area contributed by atoms with Crippen molar-refractivity contribution in [3.63, 3.8) is 0 Å². The molecule has 2 amide bonds. The lowest BCUT2D eigenvalue weighted by Gasteiger charge is -2.16. The van der Waals surface area contributed by atoms with Gasteiger partial charge in [0.15, 0.2) is 5.82 Å². The first kappa shape index (κ1) is 22.1. The molecule has 3 rings (SSSR count). The van der Waals surface area contributed by atoms with Gasteiger partial charge in [-0.2, -0.15) is 0 Å². The van der Waals surface area contributed by atoms with Crippen molar-refractivity contribution < 1.29 is 9.59 Å². The second-order valence-electron chi connectivity index (χ2n) is 7.97. The van der Waals surface area contributed by atoms with E-state index >= 15 is 0 Å². The van der Waals surface area contributed by atoms with E-state index in [0.29, 0.717) is 17.1 Å².